The Morgan fingerprint density at radius 3 is 2.96 bits per heavy atom. The van der Waals surface area contributed by atoms with Gasteiger partial charge in [0.05, 0.1) is 11.4 Å². The van der Waals surface area contributed by atoms with E-state index in [0.717, 1.165) is 63.0 Å². The molecule has 2 aromatic rings. The number of nitrogens with zero attached hydrogens (tertiary/aromatic N) is 2. The Bertz CT molecular complexity index is 778. The fourth-order valence-electron chi connectivity index (χ4n) is 4.46. The first kappa shape index (κ1) is 19.1. The maximum Gasteiger partial charge on any atom is 0.220 e. The summed E-state index contributed by atoms with van der Waals surface area (Å²) in [5.41, 5.74) is 3.35. The molecule has 28 heavy (non-hydrogen) atoms. The number of hydrogen-bond donors (Lipinski definition) is 2. The summed E-state index contributed by atoms with van der Waals surface area (Å²) in [6.45, 7) is 2.83. The molecule has 1 aliphatic heterocycles. The summed E-state index contributed by atoms with van der Waals surface area (Å²) in [4.78, 5) is 12.5. The van der Waals surface area contributed by atoms with E-state index in [1.807, 2.05) is 12.1 Å². The van der Waals surface area contributed by atoms with Crippen LogP contribution >= 0.6 is 0 Å². The third kappa shape index (κ3) is 4.79. The first-order chi connectivity index (χ1) is 13.7. The van der Waals surface area contributed by atoms with E-state index in [9.17, 15) is 9.18 Å². The molecule has 0 unspecified atom stereocenters. The van der Waals surface area contributed by atoms with Gasteiger partial charge < -0.3 is 10.6 Å². The maximum absolute atomic E-state index is 13.1. The van der Waals surface area contributed by atoms with E-state index in [4.69, 9.17) is 0 Å². The number of amides is 1. The van der Waals surface area contributed by atoms with Crippen LogP contribution in [-0.4, -0.2) is 28.3 Å². The molecule has 1 fully saturated rings. The van der Waals surface area contributed by atoms with E-state index in [1.165, 1.54) is 17.8 Å². The molecule has 1 aromatic carbocycles. The van der Waals surface area contributed by atoms with Crippen LogP contribution in [0.2, 0.25) is 0 Å². The Morgan fingerprint density at radius 1 is 1.25 bits per heavy atom. The van der Waals surface area contributed by atoms with Crippen molar-refractivity contribution in [2.24, 2.45) is 5.92 Å². The summed E-state index contributed by atoms with van der Waals surface area (Å²) in [6.07, 6.45) is 6.42. The van der Waals surface area contributed by atoms with Crippen LogP contribution in [0.15, 0.2) is 30.3 Å². The van der Waals surface area contributed by atoms with Gasteiger partial charge in [0.1, 0.15) is 5.82 Å². The Hall–Kier alpha value is -2.21. The minimum absolute atomic E-state index is 0.109. The summed E-state index contributed by atoms with van der Waals surface area (Å²) in [5, 5.41) is 11.3. The number of carbonyl (C=O) groups excluding carboxylic acids is 1. The summed E-state index contributed by atoms with van der Waals surface area (Å²) in [5.74, 6) is 0.342. The van der Waals surface area contributed by atoms with Crippen molar-refractivity contribution in [2.45, 2.75) is 64.1 Å². The van der Waals surface area contributed by atoms with Crippen LogP contribution in [0.25, 0.3) is 0 Å². The minimum atomic E-state index is -0.201. The Morgan fingerprint density at radius 2 is 2.11 bits per heavy atom. The molecular weight excluding hydrogens is 355 g/mol. The molecule has 1 saturated carbocycles. The SMILES string of the molecule is O=C(CCc1cc2n(n1)CCCNC2)N[C@@H]1CCC[C@@H]1Cc1ccc(F)cc1. The third-order valence-corrected chi connectivity index (χ3v) is 5.97. The fraction of sp³-hybridized carbons (Fsp3) is 0.545. The highest BCUT2D eigenvalue weighted by Crippen LogP contribution is 2.29. The van der Waals surface area contributed by atoms with Crippen LogP contribution < -0.4 is 10.6 Å². The lowest BCUT2D eigenvalue weighted by molar-refractivity contribution is -0.122. The standard InChI is InChI=1S/C22H29FN4O/c23-18-7-5-16(6-8-18)13-17-3-1-4-21(17)25-22(28)10-9-19-14-20-15-24-11-2-12-27(20)26-19/h5-8,14,17,21,24H,1-4,9-13,15H2,(H,25,28)/t17-,21-/m1/s1. The monoisotopic (exact) mass is 384 g/mol. The average Bonchev–Trinajstić information content (AvgIpc) is 3.22. The molecule has 0 bridgehead atoms. The van der Waals surface area contributed by atoms with E-state index >= 15 is 0 Å². The molecular formula is C22H29FN4O. The molecule has 0 radical (unpaired) electrons. The van der Waals surface area contributed by atoms with Gasteiger partial charge in [0.2, 0.25) is 5.91 Å². The normalized spacial score (nSPS) is 21.9. The van der Waals surface area contributed by atoms with Gasteiger partial charge in [0.25, 0.3) is 0 Å². The van der Waals surface area contributed by atoms with E-state index in [0.29, 0.717) is 18.8 Å². The van der Waals surface area contributed by atoms with Gasteiger partial charge in [-0.2, -0.15) is 5.10 Å². The molecule has 2 heterocycles. The average molecular weight is 384 g/mol. The number of benzene rings is 1. The van der Waals surface area contributed by atoms with Gasteiger partial charge in [0, 0.05) is 32.0 Å². The second kappa shape index (κ2) is 8.86. The summed E-state index contributed by atoms with van der Waals surface area (Å²) in [6, 6.07) is 9.08. The number of aryl methyl sites for hydroxylation is 2. The van der Waals surface area contributed by atoms with Crippen LogP contribution in [0, 0.1) is 11.7 Å². The van der Waals surface area contributed by atoms with Crippen LogP contribution in [0.3, 0.4) is 0 Å². The number of halogens is 1. The molecule has 6 heteroatoms. The van der Waals surface area contributed by atoms with Crippen LogP contribution in [0.1, 0.15) is 49.1 Å². The second-order valence-corrected chi connectivity index (χ2v) is 8.08. The highest BCUT2D eigenvalue weighted by Gasteiger charge is 2.28. The van der Waals surface area contributed by atoms with E-state index in [1.54, 1.807) is 0 Å². The minimum Gasteiger partial charge on any atom is -0.353 e. The van der Waals surface area contributed by atoms with Crippen LogP contribution in [0.4, 0.5) is 4.39 Å². The van der Waals surface area contributed by atoms with Gasteiger partial charge in [-0.15, -0.1) is 0 Å². The predicted molar refractivity (Wildman–Crippen MR) is 106 cm³/mol. The lowest BCUT2D eigenvalue weighted by Gasteiger charge is -2.21. The van der Waals surface area contributed by atoms with Gasteiger partial charge in [-0.3, -0.25) is 9.48 Å². The first-order valence-corrected chi connectivity index (χ1v) is 10.5. The number of hydrogen-bond acceptors (Lipinski definition) is 3. The predicted octanol–water partition coefficient (Wildman–Crippen LogP) is 2.98. The van der Waals surface area contributed by atoms with Crippen molar-refractivity contribution in [3.05, 3.63) is 53.1 Å². The molecule has 1 amide bonds. The van der Waals surface area contributed by atoms with Crippen molar-refractivity contribution in [3.63, 3.8) is 0 Å². The largest absolute Gasteiger partial charge is 0.353 e. The van der Waals surface area contributed by atoms with Crippen molar-refractivity contribution >= 4 is 5.91 Å². The fourth-order valence-corrected chi connectivity index (χ4v) is 4.46. The molecule has 1 aliphatic carbocycles. The molecule has 1 aromatic heterocycles. The molecule has 0 spiro atoms. The van der Waals surface area contributed by atoms with Gasteiger partial charge in [-0.25, -0.2) is 4.39 Å². The zero-order valence-electron chi connectivity index (χ0n) is 16.3. The molecule has 4 rings (SSSR count). The van der Waals surface area contributed by atoms with Crippen LogP contribution in [-0.2, 0) is 30.7 Å². The Kier molecular flexibility index (Phi) is 6.05. The number of nitrogens with one attached hydrogen (secondary N) is 2. The molecule has 150 valence electrons. The number of fused-ring (bicyclic) bond motifs is 1. The molecule has 5 nitrogen and oxygen atoms in total. The summed E-state index contributed by atoms with van der Waals surface area (Å²) >= 11 is 0. The summed E-state index contributed by atoms with van der Waals surface area (Å²) in [7, 11) is 0. The molecule has 0 saturated heterocycles. The van der Waals surface area contributed by atoms with Crippen LogP contribution in [0.5, 0.6) is 0 Å². The highest BCUT2D eigenvalue weighted by molar-refractivity contribution is 5.76. The topological polar surface area (TPSA) is 59.0 Å². The number of aromatic nitrogens is 2. The van der Waals surface area contributed by atoms with Gasteiger partial charge >= 0.3 is 0 Å². The molecule has 2 atom stereocenters. The first-order valence-electron chi connectivity index (χ1n) is 10.5. The van der Waals surface area contributed by atoms with Crippen molar-refractivity contribution in [1.82, 2.24) is 20.4 Å². The molecule has 2 N–H and O–H groups in total. The number of rotatable bonds is 6. The zero-order chi connectivity index (χ0) is 19.3. The number of carbonyl (C=O) groups is 1. The van der Waals surface area contributed by atoms with Crippen molar-refractivity contribution in [2.75, 3.05) is 6.54 Å². The third-order valence-electron chi connectivity index (χ3n) is 5.97. The van der Waals surface area contributed by atoms with E-state index < -0.39 is 0 Å². The van der Waals surface area contributed by atoms with Gasteiger partial charge in [-0.05, 0) is 61.9 Å². The quantitative estimate of drug-likeness (QED) is 0.805. The molecule has 2 aliphatic rings. The van der Waals surface area contributed by atoms with Crippen molar-refractivity contribution in [3.8, 4) is 0 Å². The zero-order valence-corrected chi connectivity index (χ0v) is 16.3. The Balaban J connectivity index is 1.27. The highest BCUT2D eigenvalue weighted by atomic mass is 19.1. The van der Waals surface area contributed by atoms with Crippen molar-refractivity contribution < 1.29 is 9.18 Å². The van der Waals surface area contributed by atoms with Gasteiger partial charge in [-0.1, -0.05) is 18.6 Å². The second-order valence-electron chi connectivity index (χ2n) is 8.08. The maximum atomic E-state index is 13.1. The smallest absolute Gasteiger partial charge is 0.220 e. The van der Waals surface area contributed by atoms with Crippen molar-refractivity contribution in [1.29, 1.82) is 0 Å². The lowest BCUT2D eigenvalue weighted by atomic mass is 9.94. The summed E-state index contributed by atoms with van der Waals surface area (Å²) < 4.78 is 15.2. The van der Waals surface area contributed by atoms with E-state index in [-0.39, 0.29) is 17.8 Å². The van der Waals surface area contributed by atoms with Gasteiger partial charge in [0.15, 0.2) is 0 Å². The lowest BCUT2D eigenvalue weighted by Crippen LogP contribution is -2.38. The van der Waals surface area contributed by atoms with E-state index in [2.05, 4.69) is 26.5 Å². The Labute approximate surface area is 165 Å².